The molecule has 0 bridgehead atoms. The van der Waals surface area contributed by atoms with Crippen molar-refractivity contribution in [3.05, 3.63) is 29.8 Å². The topological polar surface area (TPSA) is 83.8 Å². The van der Waals surface area contributed by atoms with Gasteiger partial charge in [-0.05, 0) is 13.0 Å². The van der Waals surface area contributed by atoms with Gasteiger partial charge < -0.3 is 14.9 Å². The molecule has 2 unspecified atom stereocenters. The number of aliphatic hydroxyl groups is 1. The molecule has 0 saturated carbocycles. The second-order valence-electron chi connectivity index (χ2n) is 4.22. The average molecular weight is 236 g/mol. The lowest BCUT2D eigenvalue weighted by molar-refractivity contribution is -0.160. The van der Waals surface area contributed by atoms with Crippen LogP contribution in [0.3, 0.4) is 0 Å². The number of hydrogen-bond acceptors (Lipinski definition) is 4. The molecular formula is C12H12O5. The van der Waals surface area contributed by atoms with Gasteiger partial charge in [-0.25, -0.2) is 0 Å². The average Bonchev–Trinajstić information content (AvgIpc) is 2.24. The molecule has 90 valence electrons. The fourth-order valence-corrected chi connectivity index (χ4v) is 2.03. The third-order valence-corrected chi connectivity index (χ3v) is 2.98. The number of rotatable bonds is 2. The lowest BCUT2D eigenvalue weighted by atomic mass is 9.79. The molecule has 5 nitrogen and oxygen atoms in total. The van der Waals surface area contributed by atoms with Crippen molar-refractivity contribution < 1.29 is 24.5 Å². The van der Waals surface area contributed by atoms with Gasteiger partial charge in [0, 0.05) is 5.56 Å². The minimum Gasteiger partial charge on any atom is -0.481 e. The van der Waals surface area contributed by atoms with Gasteiger partial charge in [-0.15, -0.1) is 0 Å². The summed E-state index contributed by atoms with van der Waals surface area (Å²) < 4.78 is 5.02. The van der Waals surface area contributed by atoms with Crippen LogP contribution in [-0.4, -0.2) is 22.2 Å². The van der Waals surface area contributed by atoms with Gasteiger partial charge in [0.05, 0.1) is 6.42 Å². The van der Waals surface area contributed by atoms with E-state index in [1.807, 2.05) is 0 Å². The van der Waals surface area contributed by atoms with Crippen molar-refractivity contribution in [1.29, 1.82) is 0 Å². The SMILES string of the molecule is CC1(O)c2ccccc2OC(=O)C1CC(=O)O. The van der Waals surface area contributed by atoms with E-state index in [0.29, 0.717) is 5.56 Å². The normalized spacial score (nSPS) is 27.2. The molecule has 1 aliphatic heterocycles. The molecule has 2 atom stereocenters. The molecule has 0 spiro atoms. The van der Waals surface area contributed by atoms with Gasteiger partial charge >= 0.3 is 11.9 Å². The Morgan fingerprint density at radius 1 is 1.47 bits per heavy atom. The number of ether oxygens (including phenoxy) is 1. The van der Waals surface area contributed by atoms with Crippen molar-refractivity contribution in [2.45, 2.75) is 18.9 Å². The number of hydrogen-bond donors (Lipinski definition) is 2. The fourth-order valence-electron chi connectivity index (χ4n) is 2.03. The van der Waals surface area contributed by atoms with Crippen LogP contribution in [0.1, 0.15) is 18.9 Å². The molecule has 1 heterocycles. The quantitative estimate of drug-likeness (QED) is 0.589. The second kappa shape index (κ2) is 3.85. The Bertz CT molecular complexity index is 478. The molecule has 0 aromatic heterocycles. The molecular weight excluding hydrogens is 224 g/mol. The number of fused-ring (bicyclic) bond motifs is 1. The zero-order valence-electron chi connectivity index (χ0n) is 9.21. The third-order valence-electron chi connectivity index (χ3n) is 2.98. The lowest BCUT2D eigenvalue weighted by Crippen LogP contribution is -2.44. The minimum absolute atomic E-state index is 0.282. The highest BCUT2D eigenvalue weighted by atomic mass is 16.5. The second-order valence-corrected chi connectivity index (χ2v) is 4.22. The summed E-state index contributed by atoms with van der Waals surface area (Å²) in [6, 6.07) is 6.57. The van der Waals surface area contributed by atoms with E-state index >= 15 is 0 Å². The summed E-state index contributed by atoms with van der Waals surface area (Å²) in [4.78, 5) is 22.4. The van der Waals surface area contributed by atoms with Crippen LogP contribution in [0, 0.1) is 5.92 Å². The number of carbonyl (C=O) groups is 2. The van der Waals surface area contributed by atoms with Gasteiger partial charge in [0.25, 0.3) is 0 Å². The number of aliphatic carboxylic acids is 1. The molecule has 2 N–H and O–H groups in total. The number of para-hydroxylation sites is 1. The summed E-state index contributed by atoms with van der Waals surface area (Å²) in [6.45, 7) is 1.43. The summed E-state index contributed by atoms with van der Waals surface area (Å²) >= 11 is 0. The molecule has 1 aromatic rings. The van der Waals surface area contributed by atoms with Gasteiger partial charge in [-0.1, -0.05) is 18.2 Å². The first-order valence-electron chi connectivity index (χ1n) is 5.18. The van der Waals surface area contributed by atoms with Crippen molar-refractivity contribution in [3.8, 4) is 5.75 Å². The number of carbonyl (C=O) groups excluding carboxylic acids is 1. The van der Waals surface area contributed by atoms with E-state index in [1.165, 1.54) is 6.92 Å². The molecule has 1 aromatic carbocycles. The minimum atomic E-state index is -1.52. The Morgan fingerprint density at radius 3 is 2.76 bits per heavy atom. The number of carboxylic acids is 1. The van der Waals surface area contributed by atoms with Crippen LogP contribution in [0.4, 0.5) is 0 Å². The Hall–Kier alpha value is -1.88. The Labute approximate surface area is 97.6 Å². The first-order chi connectivity index (χ1) is 7.93. The maximum absolute atomic E-state index is 11.7. The predicted molar refractivity (Wildman–Crippen MR) is 57.4 cm³/mol. The van der Waals surface area contributed by atoms with Crippen LogP contribution < -0.4 is 4.74 Å². The van der Waals surface area contributed by atoms with Gasteiger partial charge in [-0.2, -0.15) is 0 Å². The summed E-state index contributed by atoms with van der Waals surface area (Å²) in [6.07, 6.45) is -0.458. The van der Waals surface area contributed by atoms with E-state index in [1.54, 1.807) is 24.3 Å². The van der Waals surface area contributed by atoms with Crippen LogP contribution >= 0.6 is 0 Å². The van der Waals surface area contributed by atoms with Crippen molar-refractivity contribution in [3.63, 3.8) is 0 Å². The number of carboxylic acid groups (broad SMARTS) is 1. The van der Waals surface area contributed by atoms with E-state index in [-0.39, 0.29) is 5.75 Å². The van der Waals surface area contributed by atoms with Crippen LogP contribution in [-0.2, 0) is 15.2 Å². The van der Waals surface area contributed by atoms with Crippen molar-refractivity contribution in [1.82, 2.24) is 0 Å². The monoisotopic (exact) mass is 236 g/mol. The van der Waals surface area contributed by atoms with E-state index in [0.717, 1.165) is 0 Å². The van der Waals surface area contributed by atoms with E-state index < -0.39 is 29.9 Å². The summed E-state index contributed by atoms with van der Waals surface area (Å²) in [5.41, 5.74) is -1.09. The van der Waals surface area contributed by atoms with Gasteiger partial charge in [0.2, 0.25) is 0 Å². The van der Waals surface area contributed by atoms with Crippen LogP contribution in [0.5, 0.6) is 5.75 Å². The predicted octanol–water partition coefficient (Wildman–Crippen LogP) is 0.904. The third kappa shape index (κ3) is 1.89. The Balaban J connectivity index is 2.46. The molecule has 5 heteroatoms. The van der Waals surface area contributed by atoms with Crippen molar-refractivity contribution in [2.75, 3.05) is 0 Å². The molecule has 0 saturated heterocycles. The smallest absolute Gasteiger partial charge is 0.318 e. The zero-order valence-corrected chi connectivity index (χ0v) is 9.21. The Kier molecular flexibility index (Phi) is 2.63. The fraction of sp³-hybridized carbons (Fsp3) is 0.333. The van der Waals surface area contributed by atoms with Gasteiger partial charge in [-0.3, -0.25) is 9.59 Å². The van der Waals surface area contributed by atoms with Crippen molar-refractivity contribution >= 4 is 11.9 Å². The van der Waals surface area contributed by atoms with Gasteiger partial charge in [0.15, 0.2) is 0 Å². The van der Waals surface area contributed by atoms with Crippen LogP contribution in [0.15, 0.2) is 24.3 Å². The van der Waals surface area contributed by atoms with Crippen LogP contribution in [0.25, 0.3) is 0 Å². The van der Waals surface area contributed by atoms with Gasteiger partial charge in [0.1, 0.15) is 17.3 Å². The summed E-state index contributed by atoms with van der Waals surface area (Å²) in [5, 5.41) is 19.1. The summed E-state index contributed by atoms with van der Waals surface area (Å²) in [7, 11) is 0. The molecule has 0 radical (unpaired) electrons. The molecule has 0 fully saturated rings. The summed E-state index contributed by atoms with van der Waals surface area (Å²) in [5.74, 6) is -2.67. The highest BCUT2D eigenvalue weighted by Crippen LogP contribution is 2.41. The van der Waals surface area contributed by atoms with E-state index in [4.69, 9.17) is 9.84 Å². The zero-order chi connectivity index (χ0) is 12.6. The number of benzene rings is 1. The standard InChI is InChI=1S/C12H12O5/c1-12(16)7-4-2-3-5-9(7)17-11(15)8(12)6-10(13)14/h2-5,8,16H,6H2,1H3,(H,13,14). The molecule has 1 aliphatic rings. The lowest BCUT2D eigenvalue weighted by Gasteiger charge is -2.36. The highest BCUT2D eigenvalue weighted by molar-refractivity contribution is 5.84. The van der Waals surface area contributed by atoms with Crippen LogP contribution in [0.2, 0.25) is 0 Å². The first kappa shape index (κ1) is 11.6. The molecule has 0 aliphatic carbocycles. The van der Waals surface area contributed by atoms with Crippen molar-refractivity contribution in [2.24, 2.45) is 5.92 Å². The highest BCUT2D eigenvalue weighted by Gasteiger charge is 2.46. The maximum Gasteiger partial charge on any atom is 0.318 e. The van der Waals surface area contributed by atoms with E-state index in [9.17, 15) is 14.7 Å². The molecule has 17 heavy (non-hydrogen) atoms. The Morgan fingerprint density at radius 2 is 2.12 bits per heavy atom. The largest absolute Gasteiger partial charge is 0.481 e. The first-order valence-corrected chi connectivity index (χ1v) is 5.18. The van der Waals surface area contributed by atoms with E-state index in [2.05, 4.69) is 0 Å². The number of esters is 1. The molecule has 0 amide bonds. The molecule has 2 rings (SSSR count). The maximum atomic E-state index is 11.7.